The second kappa shape index (κ2) is 14.8. The molecule has 0 saturated carbocycles. The van der Waals surface area contributed by atoms with E-state index in [2.05, 4.69) is 16.6 Å². The van der Waals surface area contributed by atoms with E-state index in [1.807, 2.05) is 13.8 Å². The molecular weight excluding hydrogens is 530 g/mol. The molecule has 0 aliphatic carbocycles. The summed E-state index contributed by atoms with van der Waals surface area (Å²) in [7, 11) is 3.00. The minimum absolute atomic E-state index is 0.0850. The summed E-state index contributed by atoms with van der Waals surface area (Å²) in [4.78, 5) is 83.8. The van der Waals surface area contributed by atoms with Gasteiger partial charge in [-0.15, -0.1) is 12.3 Å². The van der Waals surface area contributed by atoms with Crippen LogP contribution < -0.4 is 10.6 Å². The maximum absolute atomic E-state index is 13.9. The number of fused-ring (bicyclic) bond motifs is 1. The van der Waals surface area contributed by atoms with Crippen LogP contribution in [0.3, 0.4) is 0 Å². The van der Waals surface area contributed by atoms with E-state index >= 15 is 0 Å². The van der Waals surface area contributed by atoms with Gasteiger partial charge >= 0.3 is 5.97 Å². The van der Waals surface area contributed by atoms with E-state index in [-0.39, 0.29) is 37.8 Å². The molecule has 12 heteroatoms. The number of cyclic esters (lactones) is 1. The number of hydrogen-bond acceptors (Lipinski definition) is 7. The van der Waals surface area contributed by atoms with Gasteiger partial charge in [-0.25, -0.2) is 0 Å². The molecule has 2 rings (SSSR count). The number of rotatable bonds is 4. The Labute approximate surface area is 242 Å². The standard InChI is InChI=1S/C29H45N5O7/c1-9-12-21-27(38)34-16-11-13-20(34)26(37)31-23(18(5)10-2)28(39)33(8)24(17(3)4)29(40)32(7)19(6)25(36)30-15-14-22(35)41-21/h1,17-21,23-24H,10-16H2,2-8H3,(H,30,36)(H,31,37)/t18-,19-,20-,21?,23+,24-/m0/s1. The quantitative estimate of drug-likeness (QED) is 0.362. The number of nitrogens with zero attached hydrogens (tertiary/aromatic N) is 3. The lowest BCUT2D eigenvalue weighted by molar-refractivity contribution is -0.161. The Morgan fingerprint density at radius 2 is 1.66 bits per heavy atom. The lowest BCUT2D eigenvalue weighted by Crippen LogP contribution is -2.60. The molecule has 0 spiro atoms. The van der Waals surface area contributed by atoms with E-state index in [0.717, 1.165) is 0 Å². The van der Waals surface area contributed by atoms with Crippen LogP contribution in [0.5, 0.6) is 0 Å². The number of esters is 1. The second-order valence-electron chi connectivity index (χ2n) is 11.3. The van der Waals surface area contributed by atoms with Crippen molar-refractivity contribution in [1.29, 1.82) is 0 Å². The predicted molar refractivity (Wildman–Crippen MR) is 151 cm³/mol. The zero-order valence-corrected chi connectivity index (χ0v) is 25.3. The molecule has 0 bridgehead atoms. The lowest BCUT2D eigenvalue weighted by Gasteiger charge is -2.38. The van der Waals surface area contributed by atoms with Crippen molar-refractivity contribution < 1.29 is 33.5 Å². The minimum Gasteiger partial charge on any atom is -0.451 e. The average molecular weight is 576 g/mol. The maximum Gasteiger partial charge on any atom is 0.308 e. The highest BCUT2D eigenvalue weighted by molar-refractivity contribution is 5.96. The number of amides is 5. The van der Waals surface area contributed by atoms with Crippen molar-refractivity contribution in [3.63, 3.8) is 0 Å². The molecule has 2 aliphatic rings. The third-order valence-electron chi connectivity index (χ3n) is 8.05. The summed E-state index contributed by atoms with van der Waals surface area (Å²) in [6.07, 6.45) is 5.23. The van der Waals surface area contributed by atoms with E-state index < -0.39 is 65.8 Å². The molecule has 41 heavy (non-hydrogen) atoms. The van der Waals surface area contributed by atoms with E-state index in [4.69, 9.17) is 11.2 Å². The van der Waals surface area contributed by atoms with E-state index in [1.54, 1.807) is 20.8 Å². The molecule has 0 aromatic carbocycles. The normalized spacial score (nSPS) is 28.7. The number of carbonyl (C=O) groups excluding carboxylic acids is 6. The Kier molecular flexibility index (Phi) is 12.2. The van der Waals surface area contributed by atoms with E-state index in [1.165, 1.54) is 28.8 Å². The van der Waals surface area contributed by atoms with Crippen LogP contribution in [0.4, 0.5) is 0 Å². The molecule has 2 aliphatic heterocycles. The number of terminal acetylenes is 1. The molecule has 2 saturated heterocycles. The molecule has 5 amide bonds. The second-order valence-corrected chi connectivity index (χ2v) is 11.3. The van der Waals surface area contributed by atoms with Crippen LogP contribution in [0.25, 0.3) is 0 Å². The first-order chi connectivity index (χ1) is 19.3. The lowest BCUT2D eigenvalue weighted by atomic mass is 9.94. The van der Waals surface area contributed by atoms with Gasteiger partial charge < -0.3 is 30.1 Å². The fraction of sp³-hybridized carbons (Fsp3) is 0.724. The molecule has 0 aromatic heterocycles. The molecule has 1 unspecified atom stereocenters. The number of carbonyl (C=O) groups is 6. The summed E-state index contributed by atoms with van der Waals surface area (Å²) in [5, 5.41) is 5.47. The average Bonchev–Trinajstić information content (AvgIpc) is 3.43. The first kappa shape index (κ1) is 33.6. The van der Waals surface area contributed by atoms with Crippen LogP contribution in [-0.4, -0.2) is 108 Å². The molecule has 0 radical (unpaired) electrons. The van der Waals surface area contributed by atoms with Crippen LogP contribution in [0.15, 0.2) is 0 Å². The third-order valence-corrected chi connectivity index (χ3v) is 8.05. The van der Waals surface area contributed by atoms with Gasteiger partial charge in [-0.3, -0.25) is 28.8 Å². The van der Waals surface area contributed by atoms with Gasteiger partial charge in [-0.1, -0.05) is 34.1 Å². The summed E-state index contributed by atoms with van der Waals surface area (Å²) >= 11 is 0. The topological polar surface area (TPSA) is 145 Å². The van der Waals surface area contributed by atoms with E-state index in [0.29, 0.717) is 19.3 Å². The van der Waals surface area contributed by atoms with Gasteiger partial charge in [-0.2, -0.15) is 0 Å². The highest BCUT2D eigenvalue weighted by atomic mass is 16.5. The van der Waals surface area contributed by atoms with Crippen molar-refractivity contribution >= 4 is 35.5 Å². The Balaban J connectivity index is 2.53. The van der Waals surface area contributed by atoms with Gasteiger partial charge in [-0.05, 0) is 31.6 Å². The minimum atomic E-state index is -1.29. The van der Waals surface area contributed by atoms with E-state index in [9.17, 15) is 28.8 Å². The van der Waals surface area contributed by atoms with Crippen LogP contribution in [0, 0.1) is 24.2 Å². The highest BCUT2D eigenvalue weighted by Crippen LogP contribution is 2.23. The van der Waals surface area contributed by atoms with Crippen molar-refractivity contribution in [2.75, 3.05) is 27.2 Å². The zero-order valence-electron chi connectivity index (χ0n) is 25.3. The highest BCUT2D eigenvalue weighted by Gasteiger charge is 2.42. The van der Waals surface area contributed by atoms with Crippen LogP contribution in [0.2, 0.25) is 0 Å². The van der Waals surface area contributed by atoms with Gasteiger partial charge in [0, 0.05) is 27.2 Å². The fourth-order valence-corrected chi connectivity index (χ4v) is 5.19. The molecule has 2 N–H and O–H groups in total. The van der Waals surface area contributed by atoms with Crippen molar-refractivity contribution in [1.82, 2.24) is 25.3 Å². The van der Waals surface area contributed by atoms with Gasteiger partial charge in [0.1, 0.15) is 24.2 Å². The zero-order chi connectivity index (χ0) is 31.0. The molecule has 2 heterocycles. The van der Waals surface area contributed by atoms with Gasteiger partial charge in [0.15, 0.2) is 6.10 Å². The Bertz CT molecular complexity index is 1050. The van der Waals surface area contributed by atoms with Gasteiger partial charge in [0.2, 0.25) is 23.6 Å². The summed E-state index contributed by atoms with van der Waals surface area (Å²) in [6, 6.07) is -3.64. The Morgan fingerprint density at radius 1 is 1.00 bits per heavy atom. The summed E-state index contributed by atoms with van der Waals surface area (Å²) in [6.45, 7) is 9.05. The maximum atomic E-state index is 13.9. The van der Waals surface area contributed by atoms with Crippen molar-refractivity contribution in [3.8, 4) is 12.3 Å². The first-order valence-corrected chi connectivity index (χ1v) is 14.3. The largest absolute Gasteiger partial charge is 0.451 e. The number of nitrogens with one attached hydrogen (secondary N) is 2. The van der Waals surface area contributed by atoms with Crippen LogP contribution >= 0.6 is 0 Å². The SMILES string of the molecule is C#CCC1OC(=O)CCNC(=O)[C@H](C)N(C)C(=O)[C@H](C(C)C)N(C)C(=O)[C@@H]([C@@H](C)CC)NC(=O)[C@@H]2CCCN2C1=O. The monoisotopic (exact) mass is 575 g/mol. The molecule has 0 aromatic rings. The number of ether oxygens (including phenoxy) is 1. The fourth-order valence-electron chi connectivity index (χ4n) is 5.19. The van der Waals surface area contributed by atoms with Crippen LogP contribution in [0.1, 0.15) is 66.7 Å². The van der Waals surface area contributed by atoms with Gasteiger partial charge in [0.05, 0.1) is 12.8 Å². The summed E-state index contributed by atoms with van der Waals surface area (Å²) in [5.41, 5.74) is 0. The van der Waals surface area contributed by atoms with Crippen molar-refractivity contribution in [3.05, 3.63) is 0 Å². The number of likely N-dealkylation sites (N-methyl/N-ethyl adjacent to an activating group) is 2. The molecule has 12 nitrogen and oxygen atoms in total. The first-order valence-electron chi connectivity index (χ1n) is 14.3. The molecular formula is C29H45N5O7. The molecule has 2 fully saturated rings. The predicted octanol–water partition coefficient (Wildman–Crippen LogP) is 0.293. The van der Waals surface area contributed by atoms with Crippen molar-refractivity contribution in [2.24, 2.45) is 11.8 Å². The smallest absolute Gasteiger partial charge is 0.308 e. The summed E-state index contributed by atoms with van der Waals surface area (Å²) < 4.78 is 5.38. The summed E-state index contributed by atoms with van der Waals surface area (Å²) in [5.74, 6) is -1.44. The molecule has 228 valence electrons. The third kappa shape index (κ3) is 7.99. The van der Waals surface area contributed by atoms with Crippen LogP contribution in [-0.2, 0) is 33.5 Å². The Hall–Kier alpha value is -3.62. The van der Waals surface area contributed by atoms with Crippen molar-refractivity contribution in [2.45, 2.75) is 97.0 Å². The Morgan fingerprint density at radius 3 is 2.24 bits per heavy atom. The van der Waals surface area contributed by atoms with Gasteiger partial charge in [0.25, 0.3) is 5.91 Å². The number of hydrogen-bond donors (Lipinski definition) is 2. The molecule has 6 atom stereocenters.